The molecule has 0 N–H and O–H groups in total. The van der Waals surface area contributed by atoms with Crippen LogP contribution < -0.4 is 4.74 Å². The van der Waals surface area contributed by atoms with Gasteiger partial charge in [-0.05, 0) is 37.7 Å². The van der Waals surface area contributed by atoms with Gasteiger partial charge in [-0.2, -0.15) is 0 Å². The molecule has 0 spiro atoms. The lowest BCUT2D eigenvalue weighted by atomic mass is 9.79. The number of likely N-dealkylation sites (tertiary alicyclic amines) is 1. The molecule has 162 valence electrons. The van der Waals surface area contributed by atoms with Crippen molar-refractivity contribution in [2.75, 3.05) is 32.2 Å². The number of ether oxygens (including phenoxy) is 4. The van der Waals surface area contributed by atoms with Gasteiger partial charge in [-0.25, -0.2) is 0 Å². The third-order valence-electron chi connectivity index (χ3n) is 5.88. The van der Waals surface area contributed by atoms with Crippen molar-refractivity contribution >= 4 is 28.5 Å². The number of methoxy groups -OCH3 is 2. The Labute approximate surface area is 186 Å². The van der Waals surface area contributed by atoms with E-state index in [1.54, 1.807) is 25.3 Å². The van der Waals surface area contributed by atoms with E-state index in [-0.39, 0.29) is 31.6 Å². The van der Waals surface area contributed by atoms with Crippen LogP contribution in [0.5, 0.6) is 5.75 Å². The molecule has 1 saturated carbocycles. The molecule has 0 bridgehead atoms. The highest BCUT2D eigenvalue weighted by molar-refractivity contribution is 14.1. The Morgan fingerprint density at radius 2 is 2.00 bits per heavy atom. The van der Waals surface area contributed by atoms with Gasteiger partial charge in [0.15, 0.2) is 5.60 Å². The third kappa shape index (κ3) is 5.03. The maximum Gasteiger partial charge on any atom is 0.259 e. The summed E-state index contributed by atoms with van der Waals surface area (Å²) in [5, 5.41) is 0. The molecule has 1 aliphatic carbocycles. The van der Waals surface area contributed by atoms with Gasteiger partial charge in [-0.3, -0.25) is 9.78 Å². The molecular weight excluding hydrogens is 487 g/mol. The van der Waals surface area contributed by atoms with E-state index >= 15 is 0 Å². The minimum absolute atomic E-state index is 0.0517. The minimum atomic E-state index is -0.985. The van der Waals surface area contributed by atoms with E-state index in [4.69, 9.17) is 18.9 Å². The van der Waals surface area contributed by atoms with Gasteiger partial charge < -0.3 is 23.8 Å². The molecule has 29 heavy (non-hydrogen) atoms. The quantitative estimate of drug-likeness (QED) is 0.205. The average Bonchev–Trinajstić information content (AvgIpc) is 2.73. The zero-order chi connectivity index (χ0) is 20.9. The van der Waals surface area contributed by atoms with E-state index in [1.165, 1.54) is 12.8 Å². The normalized spacial score (nSPS) is 29.6. The van der Waals surface area contributed by atoms with Crippen molar-refractivity contribution in [1.82, 2.24) is 9.88 Å². The molecule has 0 radical (unpaired) electrons. The molecule has 1 aromatic heterocycles. The lowest BCUT2D eigenvalue weighted by molar-refractivity contribution is -0.229. The highest BCUT2D eigenvalue weighted by atomic mass is 127. The molecule has 3 rings (SSSR count). The van der Waals surface area contributed by atoms with Crippen LogP contribution in [-0.4, -0.2) is 65.7 Å². The van der Waals surface area contributed by atoms with Gasteiger partial charge in [-0.15, -0.1) is 0 Å². The number of β-lactam (4-membered cyclic amide) rings is 1. The van der Waals surface area contributed by atoms with E-state index in [9.17, 15) is 4.79 Å². The number of carbonyl (C=O) groups is 1. The molecule has 2 heterocycles. The van der Waals surface area contributed by atoms with Crippen LogP contribution in [0.2, 0.25) is 0 Å². The van der Waals surface area contributed by atoms with E-state index in [0.717, 1.165) is 34.6 Å². The second kappa shape index (κ2) is 10.4. The summed E-state index contributed by atoms with van der Waals surface area (Å²) in [5.74, 6) is 1.50. The summed E-state index contributed by atoms with van der Waals surface area (Å²) in [5.41, 5.74) is -0.204. The second-order valence-electron chi connectivity index (χ2n) is 7.96. The Bertz CT molecular complexity index is 683. The summed E-state index contributed by atoms with van der Waals surface area (Å²) in [4.78, 5) is 19.2. The van der Waals surface area contributed by atoms with Crippen molar-refractivity contribution in [2.45, 2.75) is 56.8 Å². The van der Waals surface area contributed by atoms with Gasteiger partial charge in [0.05, 0.1) is 12.1 Å². The second-order valence-corrected chi connectivity index (χ2v) is 8.84. The summed E-state index contributed by atoms with van der Waals surface area (Å²) in [6.07, 6.45) is 6.96. The molecule has 1 aliphatic heterocycles. The van der Waals surface area contributed by atoms with E-state index in [0.29, 0.717) is 6.42 Å². The molecule has 0 unspecified atom stereocenters. The first-order chi connectivity index (χ1) is 14.0. The fourth-order valence-corrected chi connectivity index (χ4v) is 5.40. The number of hydrogen-bond acceptors (Lipinski definition) is 6. The number of amides is 1. The average molecular weight is 518 g/mol. The molecule has 0 aromatic carbocycles. The SMILES string of the molecule is COCO[C@]1(Cc2cc(OC3CCC(C)CC3)ccn2)C(=O)N(COC)[C@H]1CI. The van der Waals surface area contributed by atoms with Gasteiger partial charge >= 0.3 is 0 Å². The van der Waals surface area contributed by atoms with E-state index < -0.39 is 5.60 Å². The van der Waals surface area contributed by atoms with Crippen molar-refractivity contribution in [2.24, 2.45) is 5.92 Å². The maximum atomic E-state index is 13.0. The van der Waals surface area contributed by atoms with Crippen LogP contribution in [0.25, 0.3) is 0 Å². The molecule has 7 nitrogen and oxygen atoms in total. The Balaban J connectivity index is 1.74. The predicted molar refractivity (Wildman–Crippen MR) is 117 cm³/mol. The van der Waals surface area contributed by atoms with Gasteiger partial charge in [0.2, 0.25) is 0 Å². The molecule has 2 fully saturated rings. The lowest BCUT2D eigenvalue weighted by Crippen LogP contribution is -2.76. The molecule has 1 saturated heterocycles. The summed E-state index contributed by atoms with van der Waals surface area (Å²) < 4.78 is 23.2. The highest BCUT2D eigenvalue weighted by Crippen LogP contribution is 2.39. The number of hydrogen-bond donors (Lipinski definition) is 0. The van der Waals surface area contributed by atoms with Crippen molar-refractivity contribution in [3.8, 4) is 5.75 Å². The topological polar surface area (TPSA) is 70.1 Å². The fourth-order valence-electron chi connectivity index (χ4n) is 4.21. The van der Waals surface area contributed by atoms with Crippen LogP contribution in [-0.2, 0) is 25.4 Å². The minimum Gasteiger partial charge on any atom is -0.490 e. The van der Waals surface area contributed by atoms with Crippen LogP contribution in [0.4, 0.5) is 0 Å². The summed E-state index contributed by atoms with van der Waals surface area (Å²) in [6, 6.07) is 3.73. The summed E-state index contributed by atoms with van der Waals surface area (Å²) in [6.45, 7) is 2.60. The van der Waals surface area contributed by atoms with Gasteiger partial charge in [0.1, 0.15) is 19.3 Å². The number of nitrogens with zero attached hydrogens (tertiary/aromatic N) is 2. The number of rotatable bonds is 10. The molecule has 1 amide bonds. The standard InChI is InChI=1S/C21H31IN2O5/c1-15-4-6-17(7-5-15)29-18-8-9-23-16(10-18)11-21(28-14-27-3)19(12-22)24(13-26-2)20(21)25/h8-10,15,17,19H,4-7,11-14H2,1-3H3/t15?,17?,19-,21-/m0/s1. The highest BCUT2D eigenvalue weighted by Gasteiger charge is 2.61. The first-order valence-electron chi connectivity index (χ1n) is 10.1. The zero-order valence-electron chi connectivity index (χ0n) is 17.4. The Hall–Kier alpha value is -0.970. The molecule has 2 aliphatic rings. The number of pyridine rings is 1. The first kappa shape index (κ1) is 22.7. The fraction of sp³-hybridized carbons (Fsp3) is 0.714. The summed E-state index contributed by atoms with van der Waals surface area (Å²) >= 11 is 2.28. The van der Waals surface area contributed by atoms with Crippen molar-refractivity contribution < 1.29 is 23.7 Å². The Morgan fingerprint density at radius 3 is 2.66 bits per heavy atom. The van der Waals surface area contributed by atoms with Crippen LogP contribution in [0.3, 0.4) is 0 Å². The van der Waals surface area contributed by atoms with Gasteiger partial charge in [0, 0.05) is 43.0 Å². The predicted octanol–water partition coefficient (Wildman–Crippen LogP) is 3.19. The largest absolute Gasteiger partial charge is 0.490 e. The lowest BCUT2D eigenvalue weighted by Gasteiger charge is -2.54. The number of aromatic nitrogens is 1. The number of alkyl halides is 1. The van der Waals surface area contributed by atoms with E-state index in [1.807, 2.05) is 12.1 Å². The summed E-state index contributed by atoms with van der Waals surface area (Å²) in [7, 11) is 3.14. The van der Waals surface area contributed by atoms with Crippen molar-refractivity contribution in [3.05, 3.63) is 24.0 Å². The zero-order valence-corrected chi connectivity index (χ0v) is 19.6. The first-order valence-corrected chi connectivity index (χ1v) is 11.7. The molecule has 8 heteroatoms. The monoisotopic (exact) mass is 518 g/mol. The van der Waals surface area contributed by atoms with Crippen LogP contribution in [0.1, 0.15) is 38.3 Å². The van der Waals surface area contributed by atoms with Crippen molar-refractivity contribution in [3.63, 3.8) is 0 Å². The Morgan fingerprint density at radius 1 is 1.24 bits per heavy atom. The van der Waals surface area contributed by atoms with Crippen LogP contribution >= 0.6 is 22.6 Å². The third-order valence-corrected chi connectivity index (χ3v) is 6.72. The van der Waals surface area contributed by atoms with Crippen LogP contribution in [0, 0.1) is 5.92 Å². The maximum absolute atomic E-state index is 13.0. The molecule has 2 atom stereocenters. The van der Waals surface area contributed by atoms with Gasteiger partial charge in [-0.1, -0.05) is 29.5 Å². The van der Waals surface area contributed by atoms with E-state index in [2.05, 4.69) is 34.5 Å². The Kier molecular flexibility index (Phi) is 8.12. The van der Waals surface area contributed by atoms with Gasteiger partial charge in [0.25, 0.3) is 5.91 Å². The molecular formula is C21H31IN2O5. The molecule has 1 aromatic rings. The smallest absolute Gasteiger partial charge is 0.259 e. The number of carbonyl (C=O) groups excluding carboxylic acids is 1. The van der Waals surface area contributed by atoms with Crippen LogP contribution in [0.15, 0.2) is 18.3 Å². The number of halogens is 1. The van der Waals surface area contributed by atoms with Crippen molar-refractivity contribution in [1.29, 1.82) is 0 Å².